The van der Waals surface area contributed by atoms with E-state index in [0.29, 0.717) is 11.1 Å². The highest BCUT2D eigenvalue weighted by molar-refractivity contribution is 7.91. The first-order valence-electron chi connectivity index (χ1n) is 10.9. The number of alkyl halides is 3. The smallest absolute Gasteiger partial charge is 0.406 e. The molecule has 0 spiro atoms. The number of nitrogens with zero attached hydrogens (tertiary/aromatic N) is 3. The van der Waals surface area contributed by atoms with E-state index < -0.39 is 40.1 Å². The number of hydrogen-bond donors (Lipinski definition) is 1. The standard InChI is InChI=1S/C24H21F3N4O5S/c1-16-22(32)31(19-7-9-20(10-8-19)36-24(25,26)27)23(33)30(16)14-18-11-12-28-21(13-18)29-37(34,35)15-17-5-3-2-4-6-17/h2-13,16H,14-15H2,1H3,(H,28,29). The number of sulfonamides is 1. The number of halogens is 3. The molecule has 3 aromatic rings. The maximum absolute atomic E-state index is 13.1. The first kappa shape index (κ1) is 25.9. The lowest BCUT2D eigenvalue weighted by Gasteiger charge is -2.20. The van der Waals surface area contributed by atoms with Gasteiger partial charge in [0.2, 0.25) is 10.0 Å². The van der Waals surface area contributed by atoms with Crippen molar-refractivity contribution in [2.45, 2.75) is 31.6 Å². The number of anilines is 2. The molecule has 0 radical (unpaired) electrons. The minimum Gasteiger partial charge on any atom is -0.406 e. The van der Waals surface area contributed by atoms with Gasteiger partial charge >= 0.3 is 12.4 Å². The number of nitrogens with one attached hydrogen (secondary N) is 1. The van der Waals surface area contributed by atoms with E-state index in [0.717, 1.165) is 17.0 Å². The zero-order valence-corrected chi connectivity index (χ0v) is 20.2. The van der Waals surface area contributed by atoms with Crippen LogP contribution in [-0.2, 0) is 27.1 Å². The Kier molecular flexibility index (Phi) is 7.07. The van der Waals surface area contributed by atoms with E-state index in [1.54, 1.807) is 36.4 Å². The summed E-state index contributed by atoms with van der Waals surface area (Å²) in [7, 11) is -3.76. The molecule has 1 aliphatic rings. The Labute approximate surface area is 210 Å². The van der Waals surface area contributed by atoms with Crippen molar-refractivity contribution in [3.63, 3.8) is 0 Å². The average molecular weight is 535 g/mol. The van der Waals surface area contributed by atoms with Gasteiger partial charge in [-0.15, -0.1) is 13.2 Å². The summed E-state index contributed by atoms with van der Waals surface area (Å²) in [5.41, 5.74) is 1.19. The van der Waals surface area contributed by atoms with Crippen LogP contribution in [0.3, 0.4) is 0 Å². The second kappa shape index (κ2) is 10.1. The van der Waals surface area contributed by atoms with E-state index in [4.69, 9.17) is 0 Å². The summed E-state index contributed by atoms with van der Waals surface area (Å²) in [6, 6.07) is 14.5. The van der Waals surface area contributed by atoms with Gasteiger partial charge in [-0.25, -0.2) is 23.1 Å². The summed E-state index contributed by atoms with van der Waals surface area (Å²) in [5.74, 6) is -1.25. The van der Waals surface area contributed by atoms with Crippen LogP contribution in [0.1, 0.15) is 18.1 Å². The number of ether oxygens (including phenoxy) is 1. The van der Waals surface area contributed by atoms with Crippen molar-refractivity contribution in [1.29, 1.82) is 0 Å². The summed E-state index contributed by atoms with van der Waals surface area (Å²) in [6.07, 6.45) is -3.49. The molecule has 0 bridgehead atoms. The molecule has 0 saturated carbocycles. The Balaban J connectivity index is 1.47. The predicted octanol–water partition coefficient (Wildman–Crippen LogP) is 4.28. The number of rotatable bonds is 8. The molecule has 194 valence electrons. The maximum atomic E-state index is 13.1. The lowest BCUT2D eigenvalue weighted by atomic mass is 10.2. The van der Waals surface area contributed by atoms with E-state index in [1.165, 1.54) is 36.2 Å². The van der Waals surface area contributed by atoms with Crippen LogP contribution in [-0.4, -0.2) is 42.6 Å². The van der Waals surface area contributed by atoms with E-state index in [-0.39, 0.29) is 23.8 Å². The quantitative estimate of drug-likeness (QED) is 0.432. The van der Waals surface area contributed by atoms with Gasteiger partial charge in [0, 0.05) is 12.7 Å². The molecule has 1 aromatic heterocycles. The number of pyridine rings is 1. The Hall–Kier alpha value is -4.13. The first-order chi connectivity index (χ1) is 17.4. The SMILES string of the molecule is CC1C(=O)N(c2ccc(OC(F)(F)F)cc2)C(=O)N1Cc1ccnc(NS(=O)(=O)Cc2ccccc2)c1. The summed E-state index contributed by atoms with van der Waals surface area (Å²) in [4.78, 5) is 32.0. The van der Waals surface area contributed by atoms with E-state index >= 15 is 0 Å². The van der Waals surface area contributed by atoms with Crippen LogP contribution in [0.2, 0.25) is 0 Å². The molecule has 2 heterocycles. The number of amides is 3. The van der Waals surface area contributed by atoms with Crippen LogP contribution in [0.5, 0.6) is 5.75 Å². The summed E-state index contributed by atoms with van der Waals surface area (Å²) in [6.45, 7) is 1.49. The van der Waals surface area contributed by atoms with Gasteiger partial charge in [-0.2, -0.15) is 0 Å². The van der Waals surface area contributed by atoms with Crippen LogP contribution in [0, 0.1) is 0 Å². The molecule has 1 atom stereocenters. The molecule has 3 amide bonds. The van der Waals surface area contributed by atoms with Crippen molar-refractivity contribution in [2.24, 2.45) is 0 Å². The van der Waals surface area contributed by atoms with Gasteiger partial charge in [-0.05, 0) is 54.4 Å². The van der Waals surface area contributed by atoms with Crippen molar-refractivity contribution in [1.82, 2.24) is 9.88 Å². The molecule has 1 unspecified atom stereocenters. The van der Waals surface area contributed by atoms with Crippen LogP contribution in [0.15, 0.2) is 72.9 Å². The fourth-order valence-corrected chi connectivity index (χ4v) is 4.90. The lowest BCUT2D eigenvalue weighted by Crippen LogP contribution is -2.33. The van der Waals surface area contributed by atoms with Gasteiger partial charge in [0.15, 0.2) is 0 Å². The summed E-state index contributed by atoms with van der Waals surface area (Å²) < 4.78 is 68.5. The Morgan fingerprint density at radius 2 is 1.68 bits per heavy atom. The molecule has 4 rings (SSSR count). The second-order valence-corrected chi connectivity index (χ2v) is 9.92. The molecule has 1 aliphatic heterocycles. The molecule has 9 nitrogen and oxygen atoms in total. The van der Waals surface area contributed by atoms with Gasteiger partial charge in [-0.3, -0.25) is 9.52 Å². The fourth-order valence-electron chi connectivity index (χ4n) is 3.76. The number of hydrogen-bond acceptors (Lipinski definition) is 6. The first-order valence-corrected chi connectivity index (χ1v) is 12.6. The van der Waals surface area contributed by atoms with Gasteiger partial charge < -0.3 is 9.64 Å². The molecule has 2 aromatic carbocycles. The zero-order chi connectivity index (χ0) is 26.8. The van der Waals surface area contributed by atoms with E-state index in [2.05, 4.69) is 14.4 Å². The van der Waals surface area contributed by atoms with Gasteiger partial charge in [0.1, 0.15) is 17.6 Å². The van der Waals surface area contributed by atoms with E-state index in [9.17, 15) is 31.2 Å². The number of aromatic nitrogens is 1. The van der Waals surface area contributed by atoms with Crippen molar-refractivity contribution < 1.29 is 35.9 Å². The monoisotopic (exact) mass is 534 g/mol. The van der Waals surface area contributed by atoms with Gasteiger partial charge in [0.05, 0.1) is 11.4 Å². The summed E-state index contributed by atoms with van der Waals surface area (Å²) in [5, 5.41) is 0. The summed E-state index contributed by atoms with van der Waals surface area (Å²) >= 11 is 0. The van der Waals surface area contributed by atoms with Crippen LogP contribution >= 0.6 is 0 Å². The molecule has 1 N–H and O–H groups in total. The highest BCUT2D eigenvalue weighted by atomic mass is 32.2. The highest BCUT2D eigenvalue weighted by Gasteiger charge is 2.43. The van der Waals surface area contributed by atoms with Crippen molar-refractivity contribution >= 4 is 33.5 Å². The topological polar surface area (TPSA) is 109 Å². The second-order valence-electron chi connectivity index (χ2n) is 8.20. The zero-order valence-electron chi connectivity index (χ0n) is 19.3. The predicted molar refractivity (Wildman–Crippen MR) is 128 cm³/mol. The fraction of sp³-hybridized carbons (Fsp3) is 0.208. The number of carbonyl (C=O) groups is 2. The van der Waals surface area contributed by atoms with Crippen molar-refractivity contribution in [3.8, 4) is 5.75 Å². The highest BCUT2D eigenvalue weighted by Crippen LogP contribution is 2.30. The molecular weight excluding hydrogens is 513 g/mol. The average Bonchev–Trinajstić information content (AvgIpc) is 3.02. The molecule has 13 heteroatoms. The number of imide groups is 1. The lowest BCUT2D eigenvalue weighted by molar-refractivity contribution is -0.274. The normalized spacial score (nSPS) is 16.3. The van der Waals surface area contributed by atoms with Crippen molar-refractivity contribution in [2.75, 3.05) is 9.62 Å². The molecule has 37 heavy (non-hydrogen) atoms. The number of urea groups is 1. The van der Waals surface area contributed by atoms with Crippen LogP contribution in [0.25, 0.3) is 0 Å². The minimum absolute atomic E-state index is 0.0343. The third-order valence-electron chi connectivity index (χ3n) is 5.45. The Morgan fingerprint density at radius 3 is 2.32 bits per heavy atom. The minimum atomic E-state index is -4.87. The van der Waals surface area contributed by atoms with Crippen LogP contribution < -0.4 is 14.4 Å². The van der Waals surface area contributed by atoms with Gasteiger partial charge in [0.25, 0.3) is 5.91 Å². The molecular formula is C24H21F3N4O5S. The van der Waals surface area contributed by atoms with Crippen molar-refractivity contribution in [3.05, 3.63) is 84.1 Å². The molecule has 1 fully saturated rings. The number of benzene rings is 2. The largest absolute Gasteiger partial charge is 0.573 e. The van der Waals surface area contributed by atoms with E-state index in [1.807, 2.05) is 0 Å². The number of carbonyl (C=O) groups excluding carboxylic acids is 2. The Bertz CT molecular complexity index is 1400. The Morgan fingerprint density at radius 1 is 1.00 bits per heavy atom. The third kappa shape index (κ3) is 6.36. The molecule has 1 saturated heterocycles. The van der Waals surface area contributed by atoms with Gasteiger partial charge in [-0.1, -0.05) is 30.3 Å². The van der Waals surface area contributed by atoms with Crippen LogP contribution in [0.4, 0.5) is 29.5 Å². The maximum Gasteiger partial charge on any atom is 0.573 e. The third-order valence-corrected chi connectivity index (χ3v) is 6.68. The molecule has 0 aliphatic carbocycles.